The van der Waals surface area contributed by atoms with E-state index in [9.17, 15) is 0 Å². The number of rotatable bonds is 4. The van der Waals surface area contributed by atoms with Crippen LogP contribution in [-0.4, -0.2) is 26.7 Å². The van der Waals surface area contributed by atoms with E-state index in [1.165, 1.54) is 27.5 Å². The van der Waals surface area contributed by atoms with Gasteiger partial charge in [0.15, 0.2) is 0 Å². The van der Waals surface area contributed by atoms with E-state index in [4.69, 9.17) is 4.99 Å². The number of hydrogen-bond donors (Lipinski definition) is 0. The molecule has 0 amide bonds. The molecule has 1 unspecified atom stereocenters. The Morgan fingerprint density at radius 1 is 0.947 bits per heavy atom. The van der Waals surface area contributed by atoms with Gasteiger partial charge in [-0.05, 0) is 0 Å². The molecule has 2 aromatic carbocycles. The molecule has 0 aromatic heterocycles. The van der Waals surface area contributed by atoms with E-state index >= 15 is 0 Å². The van der Waals surface area contributed by atoms with Crippen molar-refractivity contribution in [3.63, 3.8) is 0 Å². The van der Waals surface area contributed by atoms with Crippen molar-refractivity contribution in [2.75, 3.05) is 0 Å². The van der Waals surface area contributed by atoms with Crippen LogP contribution in [0.1, 0.15) is 18.4 Å². The van der Waals surface area contributed by atoms with Gasteiger partial charge in [0, 0.05) is 0 Å². The molecule has 0 aliphatic carbocycles. The Labute approximate surface area is 120 Å². The van der Waals surface area contributed by atoms with Gasteiger partial charge in [0.05, 0.1) is 0 Å². The van der Waals surface area contributed by atoms with Crippen LogP contribution in [0, 0.1) is 0 Å². The molecule has 19 heavy (non-hydrogen) atoms. The van der Waals surface area contributed by atoms with Crippen LogP contribution in [-0.2, 0) is 0 Å². The van der Waals surface area contributed by atoms with Crippen LogP contribution >= 0.6 is 0 Å². The third-order valence-electron chi connectivity index (χ3n) is 3.35. The van der Waals surface area contributed by atoms with Crippen molar-refractivity contribution in [1.82, 2.24) is 0 Å². The van der Waals surface area contributed by atoms with Crippen molar-refractivity contribution < 1.29 is 0 Å². The summed E-state index contributed by atoms with van der Waals surface area (Å²) in [5.74, 6) is 0. The first kappa shape index (κ1) is 12.7. The third-order valence-corrected chi connectivity index (χ3v) is 5.77. The topological polar surface area (TPSA) is 12.4 Å². The Bertz CT molecular complexity index is 548. The van der Waals surface area contributed by atoms with Crippen LogP contribution in [0.25, 0.3) is 0 Å². The Balaban J connectivity index is 1.61. The maximum absolute atomic E-state index is 4.91. The number of aliphatic imine (C=N–C) groups is 1. The van der Waals surface area contributed by atoms with E-state index in [-0.39, 0.29) is 0 Å². The van der Waals surface area contributed by atoms with Crippen LogP contribution in [0.4, 0.5) is 0 Å². The van der Waals surface area contributed by atoms with Crippen LogP contribution < -0.4 is 4.46 Å². The first-order valence-corrected chi connectivity index (χ1v) is 8.78. The summed E-state index contributed by atoms with van der Waals surface area (Å²) in [7, 11) is 0. The van der Waals surface area contributed by atoms with Crippen molar-refractivity contribution in [3.05, 3.63) is 66.2 Å². The predicted octanol–water partition coefficient (Wildman–Crippen LogP) is 3.09. The van der Waals surface area contributed by atoms with E-state index in [1.54, 1.807) is 0 Å². The molecule has 2 aromatic rings. The molecule has 1 nitrogen and oxygen atoms in total. The zero-order valence-corrected chi connectivity index (χ0v) is 12.5. The van der Waals surface area contributed by atoms with Gasteiger partial charge in [-0.25, -0.2) is 0 Å². The van der Waals surface area contributed by atoms with E-state index in [2.05, 4.69) is 60.7 Å². The normalized spacial score (nSPS) is 18.3. The summed E-state index contributed by atoms with van der Waals surface area (Å²) in [6, 6.07) is 21.9. The molecular formula is C17H17NSe. The number of benzene rings is 2. The van der Waals surface area contributed by atoms with E-state index in [1.807, 2.05) is 0 Å². The van der Waals surface area contributed by atoms with Gasteiger partial charge in [-0.2, -0.15) is 0 Å². The van der Waals surface area contributed by atoms with Gasteiger partial charge in [-0.1, -0.05) is 0 Å². The Kier molecular flexibility index (Phi) is 4.12. The number of nitrogens with zero attached hydrogens (tertiary/aromatic N) is 1. The van der Waals surface area contributed by atoms with Gasteiger partial charge >= 0.3 is 121 Å². The van der Waals surface area contributed by atoms with Crippen molar-refractivity contribution in [1.29, 1.82) is 0 Å². The average Bonchev–Trinajstić information content (AvgIpc) is 2.96. The van der Waals surface area contributed by atoms with Crippen molar-refractivity contribution in [2.45, 2.75) is 24.2 Å². The van der Waals surface area contributed by atoms with Crippen molar-refractivity contribution >= 4 is 25.1 Å². The molecule has 1 aliphatic heterocycles. The Morgan fingerprint density at radius 3 is 2.37 bits per heavy atom. The predicted molar refractivity (Wildman–Crippen MR) is 82.6 cm³/mol. The van der Waals surface area contributed by atoms with Gasteiger partial charge in [-0.3, -0.25) is 0 Å². The fraction of sp³-hybridized carbons (Fsp3) is 0.235. The number of hydrogen-bond acceptors (Lipinski definition) is 1. The van der Waals surface area contributed by atoms with Crippen LogP contribution in [0.2, 0.25) is 5.32 Å². The Hall–Kier alpha value is -1.37. The molecule has 0 spiro atoms. The average molecular weight is 314 g/mol. The molecule has 0 N–H and O–H groups in total. The molecule has 96 valence electrons. The van der Waals surface area contributed by atoms with Crippen LogP contribution in [0.15, 0.2) is 65.7 Å². The van der Waals surface area contributed by atoms with E-state index in [0.717, 1.165) is 6.42 Å². The summed E-state index contributed by atoms with van der Waals surface area (Å²) >= 11 is 0.557. The zero-order chi connectivity index (χ0) is 12.9. The molecular weight excluding hydrogens is 297 g/mol. The summed E-state index contributed by atoms with van der Waals surface area (Å²) in [5, 5.41) is 1.23. The van der Waals surface area contributed by atoms with Crippen molar-refractivity contribution in [2.24, 2.45) is 4.99 Å². The summed E-state index contributed by atoms with van der Waals surface area (Å²) in [6.45, 7) is 0. The van der Waals surface area contributed by atoms with Gasteiger partial charge in [-0.15, -0.1) is 0 Å². The fourth-order valence-electron chi connectivity index (χ4n) is 2.33. The van der Waals surface area contributed by atoms with Crippen LogP contribution in [0.3, 0.4) is 0 Å². The molecule has 1 aliphatic rings. The zero-order valence-electron chi connectivity index (χ0n) is 10.8. The molecule has 1 heterocycles. The summed E-state index contributed by atoms with van der Waals surface area (Å²) in [6.07, 6.45) is 2.36. The fourth-order valence-corrected chi connectivity index (χ4v) is 4.38. The SMILES string of the molecule is c1ccc([Se]CC2CCC(c3ccccc3)=N2)cc1. The van der Waals surface area contributed by atoms with Gasteiger partial charge in [0.2, 0.25) is 0 Å². The molecule has 0 fully saturated rings. The Morgan fingerprint density at radius 2 is 1.63 bits per heavy atom. The molecule has 0 saturated heterocycles. The van der Waals surface area contributed by atoms with E-state index in [0.29, 0.717) is 21.0 Å². The molecule has 0 saturated carbocycles. The summed E-state index contributed by atoms with van der Waals surface area (Å²) < 4.78 is 1.48. The second kappa shape index (κ2) is 6.18. The van der Waals surface area contributed by atoms with Gasteiger partial charge in [0.25, 0.3) is 0 Å². The molecule has 2 heteroatoms. The molecule has 3 rings (SSSR count). The van der Waals surface area contributed by atoms with Crippen LogP contribution in [0.5, 0.6) is 0 Å². The van der Waals surface area contributed by atoms with Gasteiger partial charge in [0.1, 0.15) is 0 Å². The second-order valence-corrected chi connectivity index (χ2v) is 7.05. The molecule has 0 bridgehead atoms. The molecule has 1 atom stereocenters. The van der Waals surface area contributed by atoms with E-state index < -0.39 is 0 Å². The quantitative estimate of drug-likeness (QED) is 0.769. The second-order valence-electron chi connectivity index (χ2n) is 4.76. The monoisotopic (exact) mass is 315 g/mol. The summed E-state index contributed by atoms with van der Waals surface area (Å²) in [4.78, 5) is 4.91. The standard InChI is InChI=1S/C17H17NSe/c1-3-7-14(8-4-1)17-12-11-15(18-17)13-19-16-9-5-2-6-10-16/h1-10,15H,11-13H2. The minimum atomic E-state index is 0.537. The summed E-state index contributed by atoms with van der Waals surface area (Å²) in [5.41, 5.74) is 2.60. The maximum atomic E-state index is 4.91. The first-order chi connectivity index (χ1) is 9.42. The first-order valence-electron chi connectivity index (χ1n) is 6.72. The molecule has 0 radical (unpaired) electrons. The third kappa shape index (κ3) is 3.34. The van der Waals surface area contributed by atoms with Gasteiger partial charge < -0.3 is 0 Å². The minimum absolute atomic E-state index is 0.537. The van der Waals surface area contributed by atoms with Crippen molar-refractivity contribution in [3.8, 4) is 0 Å².